The van der Waals surface area contributed by atoms with Crippen LogP contribution in [0, 0.1) is 13.8 Å². The Balaban J connectivity index is 1.87. The average molecular weight is 345 g/mol. The first-order valence-corrected chi connectivity index (χ1v) is 9.26. The van der Waals surface area contributed by atoms with Gasteiger partial charge in [-0.15, -0.1) is 0 Å². The maximum atomic E-state index is 12.6. The van der Waals surface area contributed by atoms with Gasteiger partial charge in [0.2, 0.25) is 11.8 Å². The van der Waals surface area contributed by atoms with Gasteiger partial charge in [0.05, 0.1) is 13.1 Å². The molecular formula is C20H31N3O2. The first-order valence-electron chi connectivity index (χ1n) is 9.26. The highest BCUT2D eigenvalue weighted by atomic mass is 16.2. The summed E-state index contributed by atoms with van der Waals surface area (Å²) in [5.74, 6) is 0.0484. The second-order valence-corrected chi connectivity index (χ2v) is 7.13. The number of carbonyl (C=O) groups is 2. The van der Waals surface area contributed by atoms with Gasteiger partial charge in [0.15, 0.2) is 0 Å². The zero-order valence-electron chi connectivity index (χ0n) is 16.0. The topological polar surface area (TPSA) is 52.7 Å². The van der Waals surface area contributed by atoms with Gasteiger partial charge in [-0.25, -0.2) is 0 Å². The van der Waals surface area contributed by atoms with Crippen LogP contribution in [0.2, 0.25) is 0 Å². The summed E-state index contributed by atoms with van der Waals surface area (Å²) in [5.41, 5.74) is 2.96. The molecule has 1 aromatic carbocycles. The van der Waals surface area contributed by atoms with Crippen molar-refractivity contribution in [3.63, 3.8) is 0 Å². The van der Waals surface area contributed by atoms with Gasteiger partial charge >= 0.3 is 0 Å². The van der Waals surface area contributed by atoms with Crippen molar-refractivity contribution in [1.29, 1.82) is 0 Å². The van der Waals surface area contributed by atoms with Crippen LogP contribution in [0.1, 0.15) is 43.7 Å². The number of hydrogen-bond donors (Lipinski definition) is 1. The number of nitrogens with zero attached hydrogens (tertiary/aromatic N) is 2. The monoisotopic (exact) mass is 345 g/mol. The predicted molar refractivity (Wildman–Crippen MR) is 102 cm³/mol. The largest absolute Gasteiger partial charge is 0.339 e. The third kappa shape index (κ3) is 5.30. The zero-order chi connectivity index (χ0) is 18.4. The molecule has 1 saturated heterocycles. The molecule has 0 unspecified atom stereocenters. The molecule has 1 aliphatic heterocycles. The average Bonchev–Trinajstić information content (AvgIpc) is 2.58. The van der Waals surface area contributed by atoms with E-state index in [0.29, 0.717) is 6.04 Å². The number of rotatable bonds is 6. The number of likely N-dealkylation sites (N-methyl/N-ethyl adjacent to an activating group) is 1. The number of nitrogens with one attached hydrogen (secondary N) is 1. The number of carbonyl (C=O) groups excluding carboxylic acids is 2. The third-order valence-corrected chi connectivity index (χ3v) is 4.98. The maximum Gasteiger partial charge on any atom is 0.238 e. The molecule has 1 atom stereocenters. The molecular weight excluding hydrogens is 314 g/mol. The molecule has 0 spiro atoms. The van der Waals surface area contributed by atoms with Crippen LogP contribution in [0.3, 0.4) is 0 Å². The van der Waals surface area contributed by atoms with E-state index in [1.54, 1.807) is 4.90 Å². The van der Waals surface area contributed by atoms with Gasteiger partial charge in [-0.2, -0.15) is 0 Å². The van der Waals surface area contributed by atoms with Crippen LogP contribution in [-0.4, -0.2) is 54.3 Å². The molecule has 25 heavy (non-hydrogen) atoms. The molecule has 1 fully saturated rings. The molecule has 0 saturated carbocycles. The van der Waals surface area contributed by atoms with Gasteiger partial charge < -0.3 is 10.2 Å². The van der Waals surface area contributed by atoms with Crippen molar-refractivity contribution in [2.45, 2.75) is 52.5 Å². The molecule has 138 valence electrons. The number of benzene rings is 1. The predicted octanol–water partition coefficient (Wildman–Crippen LogP) is 2.96. The quantitative estimate of drug-likeness (QED) is 0.862. The van der Waals surface area contributed by atoms with E-state index in [-0.39, 0.29) is 24.9 Å². The fourth-order valence-electron chi connectivity index (χ4n) is 3.57. The maximum absolute atomic E-state index is 12.6. The second-order valence-electron chi connectivity index (χ2n) is 7.13. The van der Waals surface area contributed by atoms with Crippen LogP contribution >= 0.6 is 0 Å². The van der Waals surface area contributed by atoms with Crippen LogP contribution in [0.15, 0.2) is 18.2 Å². The fourth-order valence-corrected chi connectivity index (χ4v) is 3.57. The lowest BCUT2D eigenvalue weighted by Crippen LogP contribution is -2.48. The molecule has 1 heterocycles. The van der Waals surface area contributed by atoms with Crippen molar-refractivity contribution in [3.8, 4) is 0 Å². The Hall–Kier alpha value is -1.88. The van der Waals surface area contributed by atoms with E-state index in [4.69, 9.17) is 0 Å². The summed E-state index contributed by atoms with van der Waals surface area (Å²) < 4.78 is 0. The first-order chi connectivity index (χ1) is 11.9. The summed E-state index contributed by atoms with van der Waals surface area (Å²) in [4.78, 5) is 28.7. The Morgan fingerprint density at radius 1 is 1.20 bits per heavy atom. The summed E-state index contributed by atoms with van der Waals surface area (Å²) in [7, 11) is 1.83. The molecule has 5 heteroatoms. The van der Waals surface area contributed by atoms with E-state index in [2.05, 4.69) is 12.2 Å². The van der Waals surface area contributed by atoms with Gasteiger partial charge in [-0.1, -0.05) is 25.1 Å². The lowest BCUT2D eigenvalue weighted by Gasteiger charge is -2.36. The van der Waals surface area contributed by atoms with E-state index in [9.17, 15) is 9.59 Å². The number of aryl methyl sites for hydroxylation is 2. The minimum Gasteiger partial charge on any atom is -0.339 e. The standard InChI is InChI=1S/C20H31N3O2/c1-5-17-11-6-7-12-23(17)19(25)14-22(4)13-18(24)21-20-15(2)9-8-10-16(20)3/h8-10,17H,5-7,11-14H2,1-4H3,(H,21,24)/t17-/m1/s1. The van der Waals surface area contributed by atoms with Gasteiger partial charge in [0, 0.05) is 18.3 Å². The van der Waals surface area contributed by atoms with Crippen LogP contribution in [0.5, 0.6) is 0 Å². The molecule has 1 aliphatic rings. The number of para-hydroxylation sites is 1. The molecule has 2 rings (SSSR count). The van der Waals surface area contributed by atoms with E-state index >= 15 is 0 Å². The number of amides is 2. The van der Waals surface area contributed by atoms with Crippen molar-refractivity contribution >= 4 is 17.5 Å². The summed E-state index contributed by atoms with van der Waals surface area (Å²) in [6.07, 6.45) is 4.39. The summed E-state index contributed by atoms with van der Waals surface area (Å²) >= 11 is 0. The van der Waals surface area contributed by atoms with Crippen molar-refractivity contribution in [3.05, 3.63) is 29.3 Å². The molecule has 0 bridgehead atoms. The van der Waals surface area contributed by atoms with Gasteiger partial charge in [-0.05, 0) is 57.7 Å². The van der Waals surface area contributed by atoms with Crippen molar-refractivity contribution in [2.24, 2.45) is 0 Å². The fraction of sp³-hybridized carbons (Fsp3) is 0.600. The third-order valence-electron chi connectivity index (χ3n) is 4.98. The molecule has 2 amide bonds. The number of likely N-dealkylation sites (tertiary alicyclic amines) is 1. The highest BCUT2D eigenvalue weighted by molar-refractivity contribution is 5.94. The van der Waals surface area contributed by atoms with Crippen LogP contribution in [0.4, 0.5) is 5.69 Å². The summed E-state index contributed by atoms with van der Waals surface area (Å²) in [6, 6.07) is 6.31. The molecule has 0 radical (unpaired) electrons. The number of anilines is 1. The van der Waals surface area contributed by atoms with Crippen molar-refractivity contribution in [1.82, 2.24) is 9.80 Å². The molecule has 5 nitrogen and oxygen atoms in total. The summed E-state index contributed by atoms with van der Waals surface area (Å²) in [5, 5.41) is 2.98. The number of hydrogen-bond acceptors (Lipinski definition) is 3. The Morgan fingerprint density at radius 3 is 2.52 bits per heavy atom. The Kier molecular flexibility index (Phi) is 7.00. The SMILES string of the molecule is CC[C@@H]1CCCCN1C(=O)CN(C)CC(=O)Nc1c(C)cccc1C. The van der Waals surface area contributed by atoms with Crippen LogP contribution < -0.4 is 5.32 Å². The Bertz CT molecular complexity index is 595. The normalized spacial score (nSPS) is 17.6. The lowest BCUT2D eigenvalue weighted by molar-refractivity contribution is -0.136. The van der Waals surface area contributed by atoms with Crippen molar-refractivity contribution in [2.75, 3.05) is 32.0 Å². The first kappa shape index (κ1) is 19.4. The molecule has 0 aliphatic carbocycles. The molecule has 1 N–H and O–H groups in total. The second kappa shape index (κ2) is 8.99. The van der Waals surface area contributed by atoms with E-state index < -0.39 is 0 Å². The molecule has 0 aromatic heterocycles. The van der Waals surface area contributed by atoms with Gasteiger partial charge in [-0.3, -0.25) is 14.5 Å². The zero-order valence-corrected chi connectivity index (χ0v) is 16.0. The van der Waals surface area contributed by atoms with Crippen LogP contribution in [-0.2, 0) is 9.59 Å². The smallest absolute Gasteiger partial charge is 0.238 e. The van der Waals surface area contributed by atoms with Crippen LogP contribution in [0.25, 0.3) is 0 Å². The summed E-state index contributed by atoms with van der Waals surface area (Å²) in [6.45, 7) is 7.45. The van der Waals surface area contributed by atoms with Gasteiger partial charge in [0.25, 0.3) is 0 Å². The highest BCUT2D eigenvalue weighted by Gasteiger charge is 2.26. The Labute approximate surface area is 151 Å². The highest BCUT2D eigenvalue weighted by Crippen LogP contribution is 2.20. The van der Waals surface area contributed by atoms with Crippen molar-refractivity contribution < 1.29 is 9.59 Å². The minimum atomic E-state index is -0.0848. The van der Waals surface area contributed by atoms with E-state index in [1.165, 1.54) is 6.42 Å². The number of piperidine rings is 1. The van der Waals surface area contributed by atoms with E-state index in [1.807, 2.05) is 44.0 Å². The van der Waals surface area contributed by atoms with Gasteiger partial charge in [0.1, 0.15) is 0 Å². The Morgan fingerprint density at radius 2 is 1.88 bits per heavy atom. The minimum absolute atomic E-state index is 0.0848. The lowest BCUT2D eigenvalue weighted by atomic mass is 10.00. The van der Waals surface area contributed by atoms with E-state index in [0.717, 1.165) is 42.6 Å². The molecule has 1 aromatic rings.